The van der Waals surface area contributed by atoms with E-state index in [0.29, 0.717) is 11.7 Å². The maximum Gasteiger partial charge on any atom is 0.226 e. The monoisotopic (exact) mass is 474 g/mol. The summed E-state index contributed by atoms with van der Waals surface area (Å²) in [5, 5.41) is 3.01. The second kappa shape index (κ2) is 12.0. The molecule has 1 amide bonds. The Morgan fingerprint density at radius 2 is 1.71 bits per heavy atom. The molecule has 0 radical (unpaired) electrons. The number of halogens is 1. The highest BCUT2D eigenvalue weighted by Crippen LogP contribution is 2.31. The van der Waals surface area contributed by atoms with Gasteiger partial charge in [-0.05, 0) is 67.2 Å². The number of piperidine rings is 1. The van der Waals surface area contributed by atoms with E-state index < -0.39 is 0 Å². The fraction of sp³-hybridized carbons (Fsp3) is 0.367. The van der Waals surface area contributed by atoms with Crippen LogP contribution in [-0.4, -0.2) is 30.4 Å². The number of para-hydroxylation sites is 1. The van der Waals surface area contributed by atoms with E-state index in [-0.39, 0.29) is 23.7 Å². The zero-order valence-electron chi connectivity index (χ0n) is 20.6. The lowest BCUT2D eigenvalue weighted by Gasteiger charge is -2.33. The molecule has 1 saturated heterocycles. The Balaban J connectivity index is 1.34. The molecule has 4 nitrogen and oxygen atoms in total. The van der Waals surface area contributed by atoms with Crippen LogP contribution >= 0.6 is 0 Å². The summed E-state index contributed by atoms with van der Waals surface area (Å²) in [5.74, 6) is 0.457. The van der Waals surface area contributed by atoms with Gasteiger partial charge in [0.1, 0.15) is 6.10 Å². The van der Waals surface area contributed by atoms with Gasteiger partial charge in [-0.2, -0.15) is 0 Å². The second-order valence-corrected chi connectivity index (χ2v) is 9.62. The molecule has 1 unspecified atom stereocenters. The van der Waals surface area contributed by atoms with E-state index in [1.807, 2.05) is 56.3 Å². The van der Waals surface area contributed by atoms with E-state index >= 15 is 0 Å². The standard InChI is InChI=1S/C30H35FN2O2/c1-22(2)30(34)32-26-12-8-11-25(21-26)23-15-18-33(19-16-23)20-17-28(24-9-4-3-5-10-24)35-29-14-7-6-13-27(29)31/h3-14,21-23,28H,15-20H2,1-2H3,(H,32,34). The SMILES string of the molecule is CC(C)C(=O)Nc1cccc(C2CCN(CCC(Oc3ccccc3F)c3ccccc3)CC2)c1. The third-order valence-corrected chi connectivity index (χ3v) is 6.72. The normalized spacial score (nSPS) is 15.7. The minimum atomic E-state index is -0.332. The van der Waals surface area contributed by atoms with Gasteiger partial charge in [-0.1, -0.05) is 68.4 Å². The number of hydrogen-bond acceptors (Lipinski definition) is 3. The van der Waals surface area contributed by atoms with Crippen LogP contribution in [0.5, 0.6) is 5.75 Å². The van der Waals surface area contributed by atoms with Crippen molar-refractivity contribution < 1.29 is 13.9 Å². The van der Waals surface area contributed by atoms with Crippen molar-refractivity contribution in [2.75, 3.05) is 25.0 Å². The van der Waals surface area contributed by atoms with Gasteiger partial charge in [-0.15, -0.1) is 0 Å². The van der Waals surface area contributed by atoms with Crippen molar-refractivity contribution in [3.05, 3.63) is 95.8 Å². The summed E-state index contributed by atoms with van der Waals surface area (Å²) in [7, 11) is 0. The van der Waals surface area contributed by atoms with E-state index in [1.54, 1.807) is 18.2 Å². The molecule has 0 spiro atoms. The van der Waals surface area contributed by atoms with Crippen LogP contribution in [0.2, 0.25) is 0 Å². The maximum absolute atomic E-state index is 14.2. The quantitative estimate of drug-likeness (QED) is 0.370. The molecule has 1 aliphatic rings. The largest absolute Gasteiger partial charge is 0.483 e. The summed E-state index contributed by atoms with van der Waals surface area (Å²) >= 11 is 0. The number of anilines is 1. The number of ether oxygens (including phenoxy) is 1. The Morgan fingerprint density at radius 1 is 1.00 bits per heavy atom. The Kier molecular flexibility index (Phi) is 8.54. The van der Waals surface area contributed by atoms with Crippen LogP contribution in [0, 0.1) is 11.7 Å². The molecular weight excluding hydrogens is 439 g/mol. The molecule has 0 bridgehead atoms. The number of nitrogens with one attached hydrogen (secondary N) is 1. The van der Waals surface area contributed by atoms with Crippen molar-refractivity contribution in [3.8, 4) is 5.75 Å². The summed E-state index contributed by atoms with van der Waals surface area (Å²) in [6.07, 6.45) is 2.74. The topological polar surface area (TPSA) is 41.6 Å². The first-order valence-electron chi connectivity index (χ1n) is 12.6. The molecule has 1 heterocycles. The summed E-state index contributed by atoms with van der Waals surface area (Å²) < 4.78 is 20.4. The number of nitrogens with zero attached hydrogens (tertiary/aromatic N) is 1. The molecule has 1 N–H and O–H groups in total. The van der Waals surface area contributed by atoms with E-state index in [0.717, 1.165) is 50.1 Å². The average Bonchev–Trinajstić information content (AvgIpc) is 2.88. The van der Waals surface area contributed by atoms with Crippen LogP contribution in [0.25, 0.3) is 0 Å². The molecule has 35 heavy (non-hydrogen) atoms. The molecule has 1 atom stereocenters. The zero-order chi connectivity index (χ0) is 24.6. The Labute approximate surface area is 208 Å². The van der Waals surface area contributed by atoms with Gasteiger partial charge < -0.3 is 15.0 Å². The molecule has 0 saturated carbocycles. The van der Waals surface area contributed by atoms with Crippen LogP contribution in [-0.2, 0) is 4.79 Å². The van der Waals surface area contributed by atoms with Crippen molar-refractivity contribution in [3.63, 3.8) is 0 Å². The van der Waals surface area contributed by atoms with Crippen molar-refractivity contribution in [1.29, 1.82) is 0 Å². The van der Waals surface area contributed by atoms with Gasteiger partial charge in [0.2, 0.25) is 5.91 Å². The molecule has 1 fully saturated rings. The van der Waals surface area contributed by atoms with Crippen molar-refractivity contribution in [2.24, 2.45) is 5.92 Å². The van der Waals surface area contributed by atoms with Gasteiger partial charge in [-0.3, -0.25) is 4.79 Å². The third kappa shape index (κ3) is 6.92. The number of benzene rings is 3. The highest BCUT2D eigenvalue weighted by atomic mass is 19.1. The average molecular weight is 475 g/mol. The number of rotatable bonds is 9. The highest BCUT2D eigenvalue weighted by Gasteiger charge is 2.23. The third-order valence-electron chi connectivity index (χ3n) is 6.72. The number of carbonyl (C=O) groups is 1. The fourth-order valence-corrected chi connectivity index (χ4v) is 4.60. The number of carbonyl (C=O) groups excluding carboxylic acids is 1. The van der Waals surface area contributed by atoms with Gasteiger partial charge in [0, 0.05) is 24.6 Å². The summed E-state index contributed by atoms with van der Waals surface area (Å²) in [6, 6.07) is 24.9. The van der Waals surface area contributed by atoms with E-state index in [2.05, 4.69) is 22.3 Å². The van der Waals surface area contributed by atoms with Crippen LogP contribution in [0.1, 0.15) is 56.3 Å². The van der Waals surface area contributed by atoms with Crippen molar-refractivity contribution in [2.45, 2.75) is 45.1 Å². The predicted molar refractivity (Wildman–Crippen MR) is 139 cm³/mol. The van der Waals surface area contributed by atoms with Crippen molar-refractivity contribution in [1.82, 2.24) is 4.90 Å². The molecule has 3 aromatic rings. The molecule has 5 heteroatoms. The Morgan fingerprint density at radius 3 is 2.43 bits per heavy atom. The summed E-state index contributed by atoms with van der Waals surface area (Å²) in [5.41, 5.74) is 3.22. The van der Waals surface area contributed by atoms with E-state index in [4.69, 9.17) is 4.74 Å². The maximum atomic E-state index is 14.2. The summed E-state index contributed by atoms with van der Waals surface area (Å²) in [4.78, 5) is 14.5. The second-order valence-electron chi connectivity index (χ2n) is 9.62. The smallest absolute Gasteiger partial charge is 0.226 e. The van der Waals surface area contributed by atoms with Gasteiger partial charge in [0.25, 0.3) is 0 Å². The first-order chi connectivity index (χ1) is 17.0. The van der Waals surface area contributed by atoms with Gasteiger partial charge >= 0.3 is 0 Å². The first kappa shape index (κ1) is 24.9. The zero-order valence-corrected chi connectivity index (χ0v) is 20.6. The molecule has 4 rings (SSSR count). The number of amides is 1. The van der Waals surface area contributed by atoms with E-state index in [1.165, 1.54) is 11.6 Å². The summed E-state index contributed by atoms with van der Waals surface area (Å²) in [6.45, 7) is 6.71. The molecule has 184 valence electrons. The van der Waals surface area contributed by atoms with Crippen molar-refractivity contribution >= 4 is 11.6 Å². The lowest BCUT2D eigenvalue weighted by atomic mass is 9.89. The van der Waals surface area contributed by atoms with Gasteiger partial charge in [0.15, 0.2) is 11.6 Å². The lowest BCUT2D eigenvalue weighted by molar-refractivity contribution is -0.118. The van der Waals surface area contributed by atoms with Crippen LogP contribution in [0.15, 0.2) is 78.9 Å². The molecular formula is C30H35FN2O2. The predicted octanol–water partition coefficient (Wildman–Crippen LogP) is 6.81. The Bertz CT molecular complexity index is 1090. The number of hydrogen-bond donors (Lipinski definition) is 1. The van der Waals surface area contributed by atoms with Gasteiger partial charge in [-0.25, -0.2) is 4.39 Å². The first-order valence-corrected chi connectivity index (χ1v) is 12.6. The minimum absolute atomic E-state index is 0.0380. The van der Waals surface area contributed by atoms with Crippen LogP contribution < -0.4 is 10.1 Å². The highest BCUT2D eigenvalue weighted by molar-refractivity contribution is 5.92. The van der Waals surface area contributed by atoms with Crippen LogP contribution in [0.4, 0.5) is 10.1 Å². The molecule has 0 aliphatic carbocycles. The molecule has 0 aromatic heterocycles. The molecule has 3 aromatic carbocycles. The van der Waals surface area contributed by atoms with Crippen LogP contribution in [0.3, 0.4) is 0 Å². The minimum Gasteiger partial charge on any atom is -0.483 e. The fourth-order valence-electron chi connectivity index (χ4n) is 4.60. The molecule has 1 aliphatic heterocycles. The Hall–Kier alpha value is -3.18. The van der Waals surface area contributed by atoms with E-state index in [9.17, 15) is 9.18 Å². The van der Waals surface area contributed by atoms with Gasteiger partial charge in [0.05, 0.1) is 0 Å². The lowest BCUT2D eigenvalue weighted by Crippen LogP contribution is -2.34. The number of likely N-dealkylation sites (tertiary alicyclic amines) is 1.